The standard InChI is InChI=1S/C7H14ClN.ClH.H2O/c8-4-3-7-9-5-1-2-6-9;;/h1-7H2;1H;1H2. The van der Waals surface area contributed by atoms with Crippen LogP contribution in [0.3, 0.4) is 0 Å². The van der Waals surface area contributed by atoms with Crippen LogP contribution >= 0.6 is 24.0 Å². The summed E-state index contributed by atoms with van der Waals surface area (Å²) in [6, 6.07) is 0. The molecule has 0 radical (unpaired) electrons. The van der Waals surface area contributed by atoms with Crippen LogP contribution < -0.4 is 0 Å². The van der Waals surface area contributed by atoms with E-state index in [1.165, 1.54) is 32.5 Å². The first-order chi connectivity index (χ1) is 4.43. The van der Waals surface area contributed by atoms with Gasteiger partial charge in [0, 0.05) is 5.88 Å². The highest BCUT2D eigenvalue weighted by atomic mass is 35.5. The molecule has 70 valence electrons. The molecule has 0 saturated carbocycles. The summed E-state index contributed by atoms with van der Waals surface area (Å²) in [6.45, 7) is 3.82. The Balaban J connectivity index is 0. The molecule has 0 atom stereocenters. The Bertz CT molecular complexity index is 76.8. The van der Waals surface area contributed by atoms with Crippen LogP contribution in [0.5, 0.6) is 0 Å². The molecule has 1 aliphatic heterocycles. The number of halogens is 2. The fourth-order valence-electron chi connectivity index (χ4n) is 1.29. The van der Waals surface area contributed by atoms with Crippen LogP contribution in [0.2, 0.25) is 0 Å². The maximum Gasteiger partial charge on any atom is 0.0235 e. The Kier molecular flexibility index (Phi) is 11.0. The highest BCUT2D eigenvalue weighted by Crippen LogP contribution is 2.07. The molecule has 1 saturated heterocycles. The molecule has 2 N–H and O–H groups in total. The zero-order chi connectivity index (χ0) is 6.53. The van der Waals surface area contributed by atoms with Crippen molar-refractivity contribution in [3.63, 3.8) is 0 Å². The average molecular weight is 202 g/mol. The molecule has 0 spiro atoms. The fourth-order valence-corrected chi connectivity index (χ4v) is 1.41. The van der Waals surface area contributed by atoms with Gasteiger partial charge in [0.25, 0.3) is 0 Å². The van der Waals surface area contributed by atoms with E-state index in [4.69, 9.17) is 11.6 Å². The lowest BCUT2D eigenvalue weighted by Crippen LogP contribution is -2.20. The first kappa shape index (κ1) is 14.0. The summed E-state index contributed by atoms with van der Waals surface area (Å²) in [5, 5.41) is 0. The Morgan fingerprint density at radius 2 is 1.73 bits per heavy atom. The third-order valence-electron chi connectivity index (χ3n) is 1.81. The van der Waals surface area contributed by atoms with Gasteiger partial charge < -0.3 is 10.4 Å². The van der Waals surface area contributed by atoms with E-state index in [2.05, 4.69) is 4.90 Å². The van der Waals surface area contributed by atoms with Crippen LogP contribution in [0.25, 0.3) is 0 Å². The minimum absolute atomic E-state index is 0. The predicted octanol–water partition coefficient (Wildman–Crippen LogP) is 1.31. The summed E-state index contributed by atoms with van der Waals surface area (Å²) in [5.74, 6) is 0.816. The molecule has 0 bridgehead atoms. The number of hydrogen-bond acceptors (Lipinski definition) is 1. The molecule has 4 heteroatoms. The topological polar surface area (TPSA) is 34.7 Å². The van der Waals surface area contributed by atoms with Crippen LogP contribution in [-0.4, -0.2) is 35.9 Å². The SMILES string of the molecule is Cl.ClCCCN1CCCC1.O. The molecular weight excluding hydrogens is 185 g/mol. The Morgan fingerprint density at radius 1 is 1.18 bits per heavy atom. The van der Waals surface area contributed by atoms with Crippen LogP contribution in [0.1, 0.15) is 19.3 Å². The molecule has 0 aromatic rings. The van der Waals surface area contributed by atoms with E-state index in [1.54, 1.807) is 0 Å². The highest BCUT2D eigenvalue weighted by Gasteiger charge is 2.09. The summed E-state index contributed by atoms with van der Waals surface area (Å²) < 4.78 is 0. The number of likely N-dealkylation sites (tertiary alicyclic amines) is 1. The zero-order valence-electron chi connectivity index (χ0n) is 6.68. The van der Waals surface area contributed by atoms with Gasteiger partial charge in [-0.05, 0) is 38.9 Å². The number of nitrogens with zero attached hydrogens (tertiary/aromatic N) is 1. The molecule has 1 heterocycles. The molecule has 0 aliphatic carbocycles. The van der Waals surface area contributed by atoms with Crippen molar-refractivity contribution >= 4 is 24.0 Å². The van der Waals surface area contributed by atoms with E-state index in [-0.39, 0.29) is 17.9 Å². The van der Waals surface area contributed by atoms with Crippen molar-refractivity contribution in [2.75, 3.05) is 25.5 Å². The molecule has 0 amide bonds. The highest BCUT2D eigenvalue weighted by molar-refractivity contribution is 6.17. The second-order valence-corrected chi connectivity index (χ2v) is 2.97. The van der Waals surface area contributed by atoms with Gasteiger partial charge in [-0.3, -0.25) is 0 Å². The Morgan fingerprint density at radius 3 is 2.18 bits per heavy atom. The largest absolute Gasteiger partial charge is 0.412 e. The molecule has 1 fully saturated rings. The van der Waals surface area contributed by atoms with Crippen LogP contribution in [0.4, 0.5) is 0 Å². The van der Waals surface area contributed by atoms with Crippen molar-refractivity contribution in [1.82, 2.24) is 4.90 Å². The molecule has 1 aliphatic rings. The van der Waals surface area contributed by atoms with Crippen LogP contribution in [0.15, 0.2) is 0 Å². The molecular formula is C7H17Cl2NO. The van der Waals surface area contributed by atoms with Gasteiger partial charge in [0.05, 0.1) is 0 Å². The second-order valence-electron chi connectivity index (χ2n) is 2.59. The third kappa shape index (κ3) is 5.74. The van der Waals surface area contributed by atoms with E-state index in [1.807, 2.05) is 0 Å². The fraction of sp³-hybridized carbons (Fsp3) is 1.00. The van der Waals surface area contributed by atoms with E-state index in [9.17, 15) is 0 Å². The molecule has 0 aromatic carbocycles. The molecule has 2 nitrogen and oxygen atoms in total. The summed E-state index contributed by atoms with van der Waals surface area (Å²) in [7, 11) is 0. The Hall–Kier alpha value is 0.500. The van der Waals surface area contributed by atoms with Gasteiger partial charge in [-0.1, -0.05) is 0 Å². The monoisotopic (exact) mass is 201 g/mol. The van der Waals surface area contributed by atoms with Crippen molar-refractivity contribution in [3.05, 3.63) is 0 Å². The first-order valence-electron chi connectivity index (χ1n) is 3.72. The predicted molar refractivity (Wildman–Crippen MR) is 51.9 cm³/mol. The molecule has 0 unspecified atom stereocenters. The molecule has 1 rings (SSSR count). The maximum atomic E-state index is 5.55. The second kappa shape index (κ2) is 8.60. The van der Waals surface area contributed by atoms with Crippen molar-refractivity contribution < 1.29 is 5.48 Å². The van der Waals surface area contributed by atoms with Gasteiger partial charge in [0.2, 0.25) is 0 Å². The van der Waals surface area contributed by atoms with Gasteiger partial charge in [-0.25, -0.2) is 0 Å². The van der Waals surface area contributed by atoms with Gasteiger partial charge in [0.1, 0.15) is 0 Å². The first-order valence-corrected chi connectivity index (χ1v) is 4.25. The lowest BCUT2D eigenvalue weighted by molar-refractivity contribution is 0.340. The van der Waals surface area contributed by atoms with Crippen molar-refractivity contribution in [2.24, 2.45) is 0 Å². The van der Waals surface area contributed by atoms with Crippen molar-refractivity contribution in [3.8, 4) is 0 Å². The lowest BCUT2D eigenvalue weighted by atomic mass is 10.4. The van der Waals surface area contributed by atoms with Gasteiger partial charge >= 0.3 is 0 Å². The van der Waals surface area contributed by atoms with Gasteiger partial charge in [-0.15, -0.1) is 24.0 Å². The maximum absolute atomic E-state index is 5.55. The average Bonchev–Trinajstić information content (AvgIpc) is 2.34. The van der Waals surface area contributed by atoms with Crippen molar-refractivity contribution in [2.45, 2.75) is 19.3 Å². The molecule has 0 aromatic heterocycles. The van der Waals surface area contributed by atoms with E-state index < -0.39 is 0 Å². The number of rotatable bonds is 3. The summed E-state index contributed by atoms with van der Waals surface area (Å²) in [4.78, 5) is 2.49. The normalized spacial score (nSPS) is 17.2. The minimum atomic E-state index is 0. The molecule has 11 heavy (non-hydrogen) atoms. The quantitative estimate of drug-likeness (QED) is 0.635. The zero-order valence-corrected chi connectivity index (χ0v) is 8.26. The van der Waals surface area contributed by atoms with Crippen LogP contribution in [0, 0.1) is 0 Å². The van der Waals surface area contributed by atoms with E-state index >= 15 is 0 Å². The van der Waals surface area contributed by atoms with E-state index in [0.717, 1.165) is 12.3 Å². The van der Waals surface area contributed by atoms with Gasteiger partial charge in [0.15, 0.2) is 0 Å². The lowest BCUT2D eigenvalue weighted by Gasteiger charge is -2.12. The summed E-state index contributed by atoms with van der Waals surface area (Å²) in [5.41, 5.74) is 0. The number of alkyl halides is 1. The summed E-state index contributed by atoms with van der Waals surface area (Å²) >= 11 is 5.55. The third-order valence-corrected chi connectivity index (χ3v) is 2.07. The van der Waals surface area contributed by atoms with Crippen LogP contribution in [-0.2, 0) is 0 Å². The minimum Gasteiger partial charge on any atom is -0.412 e. The van der Waals surface area contributed by atoms with E-state index in [0.29, 0.717) is 0 Å². The smallest absolute Gasteiger partial charge is 0.0235 e. The number of hydrogen-bond donors (Lipinski definition) is 0. The Labute approximate surface area is 79.6 Å². The summed E-state index contributed by atoms with van der Waals surface area (Å²) in [6.07, 6.45) is 3.94. The van der Waals surface area contributed by atoms with Gasteiger partial charge in [-0.2, -0.15) is 0 Å². The van der Waals surface area contributed by atoms with Crippen molar-refractivity contribution in [1.29, 1.82) is 0 Å².